The molecule has 0 aliphatic carbocycles. The highest BCUT2D eigenvalue weighted by Crippen LogP contribution is 2.41. The fraction of sp³-hybridized carbons (Fsp3) is 0.417. The molecule has 2 unspecified atom stereocenters. The first-order chi connectivity index (χ1) is 14.8. The van der Waals surface area contributed by atoms with E-state index in [0.29, 0.717) is 5.56 Å². The van der Waals surface area contributed by atoms with E-state index in [2.05, 4.69) is 35.3 Å². The molecule has 31 heavy (non-hydrogen) atoms. The van der Waals surface area contributed by atoms with Gasteiger partial charge in [-0.2, -0.15) is 0 Å². The molecule has 2 aromatic carbocycles. The first kappa shape index (κ1) is 21.2. The normalized spacial score (nSPS) is 20.9. The van der Waals surface area contributed by atoms with E-state index < -0.39 is 5.91 Å². The maximum absolute atomic E-state index is 12.4. The summed E-state index contributed by atoms with van der Waals surface area (Å²) in [6.07, 6.45) is 0.788. The van der Waals surface area contributed by atoms with Crippen molar-refractivity contribution in [3.8, 4) is 0 Å². The van der Waals surface area contributed by atoms with E-state index >= 15 is 0 Å². The summed E-state index contributed by atoms with van der Waals surface area (Å²) in [5.41, 5.74) is 11.0. The molecule has 2 aliphatic heterocycles. The molecular formula is C24H30N4O3. The minimum atomic E-state index is -0.432. The third-order valence-electron chi connectivity index (χ3n) is 6.22. The number of nitrogens with zero attached hydrogens (tertiary/aromatic N) is 2. The van der Waals surface area contributed by atoms with Crippen LogP contribution in [0, 0.1) is 6.92 Å². The Morgan fingerprint density at radius 2 is 1.87 bits per heavy atom. The zero-order valence-electron chi connectivity index (χ0n) is 18.4. The lowest BCUT2D eigenvalue weighted by Gasteiger charge is -2.40. The van der Waals surface area contributed by atoms with E-state index in [1.165, 1.54) is 0 Å². The Balaban J connectivity index is 1.71. The van der Waals surface area contributed by atoms with E-state index in [-0.39, 0.29) is 18.0 Å². The molecule has 0 radical (unpaired) electrons. The summed E-state index contributed by atoms with van der Waals surface area (Å²) in [5, 5.41) is 3.66. The largest absolute Gasteiger partial charge is 0.378 e. The van der Waals surface area contributed by atoms with Gasteiger partial charge in [-0.1, -0.05) is 0 Å². The number of primary amides is 1. The topological polar surface area (TPSA) is 87.9 Å². The standard InChI is InChI=1S/C24H30N4O3/c1-15-12-18(24(25)30)4-6-21(15)26-22-13-16(2)28(17(3)29)23-7-5-19(14-20(22)23)27-8-10-31-11-9-27/h4-7,12,14,16,22,26H,8-11,13H2,1-3H3,(H2,25,30). The molecule has 2 aliphatic rings. The fourth-order valence-electron chi connectivity index (χ4n) is 4.65. The molecule has 164 valence electrons. The lowest BCUT2D eigenvalue weighted by Crippen LogP contribution is -2.43. The molecule has 7 heteroatoms. The van der Waals surface area contributed by atoms with E-state index in [1.54, 1.807) is 13.0 Å². The van der Waals surface area contributed by atoms with Gasteiger partial charge in [0.1, 0.15) is 0 Å². The van der Waals surface area contributed by atoms with Gasteiger partial charge < -0.3 is 25.6 Å². The van der Waals surface area contributed by atoms with Crippen LogP contribution in [0.5, 0.6) is 0 Å². The van der Waals surface area contributed by atoms with Crippen molar-refractivity contribution in [3.63, 3.8) is 0 Å². The Labute approximate surface area is 183 Å². The SMILES string of the molecule is CC(=O)N1c2ccc(N3CCOCC3)cc2C(Nc2ccc(C(N)=O)cc2C)CC1C. The summed E-state index contributed by atoms with van der Waals surface area (Å²) in [4.78, 5) is 28.1. The predicted octanol–water partition coefficient (Wildman–Crippen LogP) is 3.23. The summed E-state index contributed by atoms with van der Waals surface area (Å²) in [7, 11) is 0. The molecule has 1 fully saturated rings. The summed E-state index contributed by atoms with van der Waals surface area (Å²) >= 11 is 0. The Morgan fingerprint density at radius 1 is 1.13 bits per heavy atom. The zero-order valence-corrected chi connectivity index (χ0v) is 18.4. The van der Waals surface area contributed by atoms with Gasteiger partial charge in [-0.3, -0.25) is 9.59 Å². The second kappa shape index (κ2) is 8.59. The molecule has 2 atom stereocenters. The predicted molar refractivity (Wildman–Crippen MR) is 123 cm³/mol. The van der Waals surface area contributed by atoms with Crippen LogP contribution >= 0.6 is 0 Å². The van der Waals surface area contributed by atoms with E-state index in [9.17, 15) is 9.59 Å². The Hall–Kier alpha value is -3.06. The third-order valence-corrected chi connectivity index (χ3v) is 6.22. The molecule has 2 heterocycles. The first-order valence-corrected chi connectivity index (χ1v) is 10.8. The molecule has 0 spiro atoms. The molecule has 0 aromatic heterocycles. The van der Waals surface area contributed by atoms with Crippen LogP contribution < -0.4 is 20.9 Å². The summed E-state index contributed by atoms with van der Waals surface area (Å²) in [6, 6.07) is 11.9. The average Bonchev–Trinajstić information content (AvgIpc) is 2.75. The number of hydrogen-bond donors (Lipinski definition) is 2. The van der Waals surface area contributed by atoms with Crippen LogP contribution in [-0.2, 0) is 9.53 Å². The van der Waals surface area contributed by atoms with Crippen molar-refractivity contribution in [3.05, 3.63) is 53.1 Å². The van der Waals surface area contributed by atoms with E-state index in [4.69, 9.17) is 10.5 Å². The van der Waals surface area contributed by atoms with Crippen molar-refractivity contribution in [1.82, 2.24) is 0 Å². The van der Waals surface area contributed by atoms with Gasteiger partial charge in [-0.25, -0.2) is 0 Å². The number of nitrogens with one attached hydrogen (secondary N) is 1. The van der Waals surface area contributed by atoms with E-state index in [0.717, 1.165) is 60.9 Å². The van der Waals surface area contributed by atoms with Crippen molar-refractivity contribution < 1.29 is 14.3 Å². The van der Waals surface area contributed by atoms with Gasteiger partial charge in [0.2, 0.25) is 11.8 Å². The van der Waals surface area contributed by atoms with Crippen molar-refractivity contribution >= 4 is 28.9 Å². The molecule has 3 N–H and O–H groups in total. The number of morpholine rings is 1. The van der Waals surface area contributed by atoms with Gasteiger partial charge in [-0.05, 0) is 62.2 Å². The third kappa shape index (κ3) is 4.23. The lowest BCUT2D eigenvalue weighted by molar-refractivity contribution is -0.117. The Kier molecular flexibility index (Phi) is 5.87. The second-order valence-corrected chi connectivity index (χ2v) is 8.41. The highest BCUT2D eigenvalue weighted by Gasteiger charge is 2.33. The average molecular weight is 423 g/mol. The Bertz CT molecular complexity index is 1000. The number of amides is 2. The number of ether oxygens (including phenoxy) is 1. The lowest BCUT2D eigenvalue weighted by atomic mass is 9.90. The number of anilines is 3. The van der Waals surface area contributed by atoms with E-state index in [1.807, 2.05) is 24.0 Å². The van der Waals surface area contributed by atoms with Crippen LogP contribution in [-0.4, -0.2) is 44.2 Å². The van der Waals surface area contributed by atoms with Crippen LogP contribution in [0.15, 0.2) is 36.4 Å². The van der Waals surface area contributed by atoms with Crippen LogP contribution in [0.25, 0.3) is 0 Å². The molecule has 2 aromatic rings. The summed E-state index contributed by atoms with van der Waals surface area (Å²) in [6.45, 7) is 8.83. The number of nitrogens with two attached hydrogens (primary N) is 1. The summed E-state index contributed by atoms with van der Waals surface area (Å²) < 4.78 is 5.50. The zero-order chi connectivity index (χ0) is 22.1. The minimum Gasteiger partial charge on any atom is -0.378 e. The van der Waals surface area contributed by atoms with Crippen LogP contribution in [0.2, 0.25) is 0 Å². The number of carbonyl (C=O) groups is 2. The number of hydrogen-bond acceptors (Lipinski definition) is 5. The van der Waals surface area contributed by atoms with Crippen LogP contribution in [0.3, 0.4) is 0 Å². The fourth-order valence-corrected chi connectivity index (χ4v) is 4.65. The molecule has 0 bridgehead atoms. The van der Waals surface area contributed by atoms with Crippen LogP contribution in [0.4, 0.5) is 17.1 Å². The molecule has 1 saturated heterocycles. The number of benzene rings is 2. The van der Waals surface area contributed by atoms with Gasteiger partial charge in [0.15, 0.2) is 0 Å². The van der Waals surface area contributed by atoms with Crippen molar-refractivity contribution in [1.29, 1.82) is 0 Å². The molecular weight excluding hydrogens is 392 g/mol. The van der Waals surface area contributed by atoms with Gasteiger partial charge in [0.25, 0.3) is 0 Å². The van der Waals surface area contributed by atoms with Gasteiger partial charge in [0.05, 0.1) is 19.3 Å². The van der Waals surface area contributed by atoms with Crippen molar-refractivity contribution in [2.24, 2.45) is 5.73 Å². The molecule has 2 amide bonds. The van der Waals surface area contributed by atoms with Gasteiger partial charge in [-0.15, -0.1) is 0 Å². The first-order valence-electron chi connectivity index (χ1n) is 10.8. The monoisotopic (exact) mass is 422 g/mol. The molecule has 4 rings (SSSR count). The molecule has 7 nitrogen and oxygen atoms in total. The maximum atomic E-state index is 12.4. The smallest absolute Gasteiger partial charge is 0.248 e. The van der Waals surface area contributed by atoms with Gasteiger partial charge in [0, 0.05) is 54.2 Å². The van der Waals surface area contributed by atoms with Gasteiger partial charge >= 0.3 is 0 Å². The maximum Gasteiger partial charge on any atom is 0.248 e. The summed E-state index contributed by atoms with van der Waals surface area (Å²) in [5.74, 6) is -0.383. The van der Waals surface area contributed by atoms with Crippen molar-refractivity contribution in [2.45, 2.75) is 39.3 Å². The Morgan fingerprint density at radius 3 is 2.52 bits per heavy atom. The number of aryl methyl sites for hydroxylation is 1. The number of carbonyl (C=O) groups excluding carboxylic acids is 2. The highest BCUT2D eigenvalue weighted by molar-refractivity contribution is 5.95. The second-order valence-electron chi connectivity index (χ2n) is 8.41. The minimum absolute atomic E-state index is 0.0414. The van der Waals surface area contributed by atoms with Crippen molar-refractivity contribution in [2.75, 3.05) is 41.4 Å². The van der Waals surface area contributed by atoms with Crippen LogP contribution in [0.1, 0.15) is 47.8 Å². The highest BCUT2D eigenvalue weighted by atomic mass is 16.5. The number of fused-ring (bicyclic) bond motifs is 1. The quantitative estimate of drug-likeness (QED) is 0.790. The molecule has 0 saturated carbocycles. The number of rotatable bonds is 4.